The van der Waals surface area contributed by atoms with E-state index in [1.54, 1.807) is 6.33 Å². The molecule has 0 atom stereocenters. The summed E-state index contributed by atoms with van der Waals surface area (Å²) in [5.74, 6) is 0.997. The minimum Gasteiger partial charge on any atom is -0.306 e. The van der Waals surface area contributed by atoms with Crippen molar-refractivity contribution in [3.63, 3.8) is 0 Å². The third kappa shape index (κ3) is 3.11. The molecule has 0 saturated heterocycles. The summed E-state index contributed by atoms with van der Waals surface area (Å²) in [6.45, 7) is 4.64. The lowest BCUT2D eigenvalue weighted by molar-refractivity contribution is 0.542. The van der Waals surface area contributed by atoms with E-state index in [2.05, 4.69) is 64.8 Å². The van der Waals surface area contributed by atoms with E-state index in [0.29, 0.717) is 0 Å². The molecular formula is C17H20N4. The smallest absolute Gasteiger partial charge is 0.140 e. The predicted molar refractivity (Wildman–Crippen MR) is 84.8 cm³/mol. The van der Waals surface area contributed by atoms with Crippen LogP contribution in [0.5, 0.6) is 0 Å². The molecule has 4 heteroatoms. The van der Waals surface area contributed by atoms with E-state index in [0.717, 1.165) is 31.9 Å². The summed E-state index contributed by atoms with van der Waals surface area (Å²) < 4.78 is 1.97. The van der Waals surface area contributed by atoms with Gasteiger partial charge in [-0.05, 0) is 22.8 Å². The van der Waals surface area contributed by atoms with Crippen molar-refractivity contribution >= 4 is 10.8 Å². The van der Waals surface area contributed by atoms with Crippen molar-refractivity contribution in [1.29, 1.82) is 0 Å². The van der Waals surface area contributed by atoms with Crippen molar-refractivity contribution in [2.45, 2.75) is 33.0 Å². The van der Waals surface area contributed by atoms with E-state index in [9.17, 15) is 0 Å². The fourth-order valence-electron chi connectivity index (χ4n) is 2.58. The molecule has 1 N–H and O–H groups in total. The van der Waals surface area contributed by atoms with E-state index in [4.69, 9.17) is 0 Å². The van der Waals surface area contributed by atoms with Gasteiger partial charge in [0.1, 0.15) is 12.2 Å². The van der Waals surface area contributed by atoms with Gasteiger partial charge < -0.3 is 5.32 Å². The molecule has 3 rings (SSSR count). The van der Waals surface area contributed by atoms with Gasteiger partial charge in [0.2, 0.25) is 0 Å². The lowest BCUT2D eigenvalue weighted by Gasteiger charge is -2.09. The quantitative estimate of drug-likeness (QED) is 0.754. The van der Waals surface area contributed by atoms with Crippen LogP contribution in [0.3, 0.4) is 0 Å². The SMILES string of the molecule is CCCn1ncnc1CNCc1cccc2ccccc12. The molecule has 0 saturated carbocycles. The monoisotopic (exact) mass is 280 g/mol. The van der Waals surface area contributed by atoms with Gasteiger partial charge in [0, 0.05) is 13.1 Å². The highest BCUT2D eigenvalue weighted by atomic mass is 15.3. The van der Waals surface area contributed by atoms with Gasteiger partial charge >= 0.3 is 0 Å². The molecule has 1 aromatic heterocycles. The van der Waals surface area contributed by atoms with Crippen LogP contribution in [0.1, 0.15) is 24.7 Å². The summed E-state index contributed by atoms with van der Waals surface area (Å²) in [6, 6.07) is 14.9. The van der Waals surface area contributed by atoms with Gasteiger partial charge in [-0.1, -0.05) is 49.4 Å². The molecule has 0 amide bonds. The van der Waals surface area contributed by atoms with E-state index in [1.165, 1.54) is 16.3 Å². The van der Waals surface area contributed by atoms with Crippen molar-refractivity contribution < 1.29 is 0 Å². The largest absolute Gasteiger partial charge is 0.306 e. The van der Waals surface area contributed by atoms with E-state index in [-0.39, 0.29) is 0 Å². The first-order valence-electron chi connectivity index (χ1n) is 7.42. The molecule has 0 fully saturated rings. The van der Waals surface area contributed by atoms with Crippen LogP contribution >= 0.6 is 0 Å². The summed E-state index contributed by atoms with van der Waals surface area (Å²) in [7, 11) is 0. The zero-order chi connectivity index (χ0) is 14.5. The van der Waals surface area contributed by atoms with E-state index in [1.807, 2.05) is 4.68 Å². The molecule has 0 aliphatic carbocycles. The normalized spacial score (nSPS) is 11.1. The Hall–Kier alpha value is -2.20. The van der Waals surface area contributed by atoms with Gasteiger partial charge in [-0.25, -0.2) is 9.67 Å². The molecule has 0 aliphatic rings. The molecule has 3 aromatic rings. The minimum absolute atomic E-state index is 0.739. The topological polar surface area (TPSA) is 42.7 Å². The molecule has 108 valence electrons. The average Bonchev–Trinajstić information content (AvgIpc) is 2.95. The number of nitrogens with zero attached hydrogens (tertiary/aromatic N) is 3. The minimum atomic E-state index is 0.739. The lowest BCUT2D eigenvalue weighted by Crippen LogP contribution is -2.17. The van der Waals surface area contributed by atoms with Gasteiger partial charge in [-0.15, -0.1) is 0 Å². The number of aryl methyl sites for hydroxylation is 1. The van der Waals surface area contributed by atoms with Crippen LogP contribution < -0.4 is 5.32 Å². The van der Waals surface area contributed by atoms with Crippen LogP contribution in [0.4, 0.5) is 0 Å². The summed E-state index contributed by atoms with van der Waals surface area (Å²) in [5.41, 5.74) is 1.31. The van der Waals surface area contributed by atoms with Crippen LogP contribution in [0, 0.1) is 0 Å². The van der Waals surface area contributed by atoms with Crippen LogP contribution in [-0.4, -0.2) is 14.8 Å². The summed E-state index contributed by atoms with van der Waals surface area (Å²) in [4.78, 5) is 4.32. The van der Waals surface area contributed by atoms with Gasteiger partial charge in [0.25, 0.3) is 0 Å². The Balaban J connectivity index is 1.68. The average molecular weight is 280 g/mol. The Morgan fingerprint density at radius 2 is 1.90 bits per heavy atom. The zero-order valence-electron chi connectivity index (χ0n) is 12.3. The Kier molecular flexibility index (Phi) is 4.26. The third-order valence-corrected chi connectivity index (χ3v) is 3.61. The number of aromatic nitrogens is 3. The fourth-order valence-corrected chi connectivity index (χ4v) is 2.58. The van der Waals surface area contributed by atoms with Gasteiger partial charge in [0.15, 0.2) is 0 Å². The first-order chi connectivity index (χ1) is 10.4. The first kappa shape index (κ1) is 13.8. The number of rotatable bonds is 6. The molecule has 2 aromatic carbocycles. The molecule has 0 aliphatic heterocycles. The van der Waals surface area contributed by atoms with Crippen LogP contribution in [0.15, 0.2) is 48.8 Å². The van der Waals surface area contributed by atoms with E-state index < -0.39 is 0 Å². The van der Waals surface area contributed by atoms with Gasteiger partial charge in [0.05, 0.1) is 6.54 Å². The maximum absolute atomic E-state index is 4.32. The maximum Gasteiger partial charge on any atom is 0.140 e. The molecule has 4 nitrogen and oxygen atoms in total. The third-order valence-electron chi connectivity index (χ3n) is 3.61. The maximum atomic E-state index is 4.32. The van der Waals surface area contributed by atoms with Gasteiger partial charge in [-0.2, -0.15) is 5.10 Å². The Morgan fingerprint density at radius 3 is 2.81 bits per heavy atom. The highest BCUT2D eigenvalue weighted by Crippen LogP contribution is 2.18. The van der Waals surface area contributed by atoms with Crippen molar-refractivity contribution in [3.05, 3.63) is 60.2 Å². The van der Waals surface area contributed by atoms with Crippen LogP contribution in [-0.2, 0) is 19.6 Å². The second kappa shape index (κ2) is 6.50. The Labute approximate surface area is 124 Å². The number of nitrogens with one attached hydrogen (secondary N) is 1. The van der Waals surface area contributed by atoms with Gasteiger partial charge in [-0.3, -0.25) is 0 Å². The lowest BCUT2D eigenvalue weighted by atomic mass is 10.0. The Bertz CT molecular complexity index is 712. The van der Waals surface area contributed by atoms with Crippen LogP contribution in [0.2, 0.25) is 0 Å². The standard InChI is InChI=1S/C17H20N4/c1-2-10-21-17(19-13-20-21)12-18-11-15-8-5-7-14-6-3-4-9-16(14)15/h3-9,13,18H,2,10-12H2,1H3. The zero-order valence-corrected chi connectivity index (χ0v) is 12.3. The number of hydrogen-bond donors (Lipinski definition) is 1. The Morgan fingerprint density at radius 1 is 1.05 bits per heavy atom. The van der Waals surface area contributed by atoms with E-state index >= 15 is 0 Å². The molecule has 1 heterocycles. The summed E-state index contributed by atoms with van der Waals surface area (Å²) >= 11 is 0. The molecule has 0 radical (unpaired) electrons. The first-order valence-corrected chi connectivity index (χ1v) is 7.42. The number of benzene rings is 2. The summed E-state index contributed by atoms with van der Waals surface area (Å²) in [6.07, 6.45) is 2.70. The molecule has 0 unspecified atom stereocenters. The predicted octanol–water partition coefficient (Wildman–Crippen LogP) is 3.13. The van der Waals surface area contributed by atoms with Crippen LogP contribution in [0.25, 0.3) is 10.8 Å². The van der Waals surface area contributed by atoms with Crippen molar-refractivity contribution in [1.82, 2.24) is 20.1 Å². The molecular weight excluding hydrogens is 260 g/mol. The fraction of sp³-hybridized carbons (Fsp3) is 0.294. The second-order valence-corrected chi connectivity index (χ2v) is 5.14. The highest BCUT2D eigenvalue weighted by molar-refractivity contribution is 5.85. The molecule has 0 bridgehead atoms. The molecule has 21 heavy (non-hydrogen) atoms. The van der Waals surface area contributed by atoms with Crippen molar-refractivity contribution in [2.75, 3.05) is 0 Å². The summed E-state index contributed by atoms with van der Waals surface area (Å²) in [5, 5.41) is 10.3. The highest BCUT2D eigenvalue weighted by Gasteiger charge is 2.04. The van der Waals surface area contributed by atoms with Crippen molar-refractivity contribution in [3.8, 4) is 0 Å². The molecule has 0 spiro atoms. The van der Waals surface area contributed by atoms with Crippen molar-refractivity contribution in [2.24, 2.45) is 0 Å². The number of fused-ring (bicyclic) bond motifs is 1. The number of hydrogen-bond acceptors (Lipinski definition) is 3. The second-order valence-electron chi connectivity index (χ2n) is 5.14.